The molecule has 1 aliphatic carbocycles. The van der Waals surface area contributed by atoms with E-state index in [-0.39, 0.29) is 0 Å². The molecule has 1 aromatic heterocycles. The van der Waals surface area contributed by atoms with Crippen LogP contribution in [-0.2, 0) is 6.54 Å². The zero-order valence-electron chi connectivity index (χ0n) is 11.4. The van der Waals surface area contributed by atoms with E-state index in [4.69, 9.17) is 4.42 Å². The molecule has 1 atom stereocenters. The van der Waals surface area contributed by atoms with E-state index in [1.54, 1.807) is 6.26 Å². The predicted octanol–water partition coefficient (Wildman–Crippen LogP) is 4.26. The summed E-state index contributed by atoms with van der Waals surface area (Å²) in [6.07, 6.45) is 3.63. The monoisotopic (exact) mass is 335 g/mol. The number of nitrogens with zero attached hydrogens (tertiary/aromatic N) is 1. The van der Waals surface area contributed by atoms with Gasteiger partial charge in [0.25, 0.3) is 0 Å². The van der Waals surface area contributed by atoms with Crippen molar-refractivity contribution in [3.63, 3.8) is 0 Å². The number of aliphatic hydroxyl groups is 1. The Morgan fingerprint density at radius 3 is 2.80 bits per heavy atom. The van der Waals surface area contributed by atoms with Crippen LogP contribution in [0.15, 0.2) is 45.5 Å². The highest BCUT2D eigenvalue weighted by Crippen LogP contribution is 2.38. The Hall–Kier alpha value is -1.26. The van der Waals surface area contributed by atoms with Gasteiger partial charge in [0.15, 0.2) is 0 Å². The van der Waals surface area contributed by atoms with E-state index in [0.717, 1.165) is 28.0 Å². The van der Waals surface area contributed by atoms with Crippen molar-refractivity contribution >= 4 is 21.6 Å². The lowest BCUT2D eigenvalue weighted by Crippen LogP contribution is -2.26. The zero-order chi connectivity index (χ0) is 14.1. The van der Waals surface area contributed by atoms with E-state index in [1.165, 1.54) is 12.8 Å². The highest BCUT2D eigenvalue weighted by molar-refractivity contribution is 9.10. The first-order valence-corrected chi connectivity index (χ1v) is 7.71. The van der Waals surface area contributed by atoms with Crippen LogP contribution in [0.25, 0.3) is 0 Å². The third-order valence-electron chi connectivity index (χ3n) is 3.65. The highest BCUT2D eigenvalue weighted by atomic mass is 79.9. The standard InChI is InChI=1S/C16H18BrNO2/c1-11(19)15-7-4-12(17)9-16(15)18(13-5-6-13)10-14-3-2-8-20-14/h2-4,7-9,11,13,19H,5-6,10H2,1H3. The van der Waals surface area contributed by atoms with Gasteiger partial charge in [0.2, 0.25) is 0 Å². The molecular formula is C16H18BrNO2. The van der Waals surface area contributed by atoms with Crippen LogP contribution >= 0.6 is 15.9 Å². The van der Waals surface area contributed by atoms with Crippen molar-refractivity contribution in [2.75, 3.05) is 4.90 Å². The molecule has 3 rings (SSSR count). The molecule has 2 aromatic rings. The Labute approximate surface area is 127 Å². The van der Waals surface area contributed by atoms with Gasteiger partial charge in [-0.3, -0.25) is 0 Å². The van der Waals surface area contributed by atoms with Gasteiger partial charge < -0.3 is 14.4 Å². The van der Waals surface area contributed by atoms with Crippen molar-refractivity contribution < 1.29 is 9.52 Å². The smallest absolute Gasteiger partial charge is 0.123 e. The molecule has 1 aromatic carbocycles. The fourth-order valence-electron chi connectivity index (χ4n) is 2.49. The topological polar surface area (TPSA) is 36.6 Å². The Balaban J connectivity index is 1.96. The molecule has 0 saturated heterocycles. The van der Waals surface area contributed by atoms with Gasteiger partial charge in [-0.05, 0) is 44.0 Å². The fraction of sp³-hybridized carbons (Fsp3) is 0.375. The lowest BCUT2D eigenvalue weighted by molar-refractivity contribution is 0.199. The number of hydrogen-bond donors (Lipinski definition) is 1. The van der Waals surface area contributed by atoms with Crippen LogP contribution in [0.2, 0.25) is 0 Å². The van der Waals surface area contributed by atoms with Crippen LogP contribution in [0.1, 0.15) is 37.2 Å². The van der Waals surface area contributed by atoms with Crippen LogP contribution in [0.3, 0.4) is 0 Å². The number of furan rings is 1. The molecule has 1 unspecified atom stereocenters. The molecule has 106 valence electrons. The normalized spacial score (nSPS) is 16.1. The zero-order valence-corrected chi connectivity index (χ0v) is 13.0. The third kappa shape index (κ3) is 2.91. The number of benzene rings is 1. The predicted molar refractivity (Wildman–Crippen MR) is 82.7 cm³/mol. The Kier molecular flexibility index (Phi) is 3.85. The molecule has 0 aliphatic heterocycles. The average molecular weight is 336 g/mol. The maximum atomic E-state index is 10.0. The second-order valence-electron chi connectivity index (χ2n) is 5.32. The number of aliphatic hydroxyl groups excluding tert-OH is 1. The second kappa shape index (κ2) is 5.62. The minimum Gasteiger partial charge on any atom is -0.467 e. The largest absolute Gasteiger partial charge is 0.467 e. The number of anilines is 1. The minimum absolute atomic E-state index is 0.476. The first kappa shape index (κ1) is 13.7. The molecule has 4 heteroatoms. The summed E-state index contributed by atoms with van der Waals surface area (Å²) >= 11 is 3.53. The summed E-state index contributed by atoms with van der Waals surface area (Å²) in [4.78, 5) is 2.34. The van der Waals surface area contributed by atoms with E-state index in [0.29, 0.717) is 6.04 Å². The summed E-state index contributed by atoms with van der Waals surface area (Å²) in [5, 5.41) is 10.0. The van der Waals surface area contributed by atoms with Crippen LogP contribution < -0.4 is 4.90 Å². The fourth-order valence-corrected chi connectivity index (χ4v) is 2.84. The molecule has 0 radical (unpaired) electrons. The molecular weight excluding hydrogens is 318 g/mol. The average Bonchev–Trinajstić information content (AvgIpc) is 3.12. The summed E-state index contributed by atoms with van der Waals surface area (Å²) < 4.78 is 6.51. The molecule has 1 aliphatic rings. The van der Waals surface area contributed by atoms with Crippen LogP contribution in [0.4, 0.5) is 5.69 Å². The first-order valence-electron chi connectivity index (χ1n) is 6.91. The van der Waals surface area contributed by atoms with Crippen LogP contribution in [-0.4, -0.2) is 11.1 Å². The van der Waals surface area contributed by atoms with Gasteiger partial charge in [0, 0.05) is 21.8 Å². The number of rotatable bonds is 5. The molecule has 0 spiro atoms. The van der Waals surface area contributed by atoms with Gasteiger partial charge in [-0.15, -0.1) is 0 Å². The van der Waals surface area contributed by atoms with Crippen LogP contribution in [0.5, 0.6) is 0 Å². The summed E-state index contributed by atoms with van der Waals surface area (Å²) in [5.41, 5.74) is 2.06. The van der Waals surface area contributed by atoms with E-state index < -0.39 is 6.10 Å². The van der Waals surface area contributed by atoms with E-state index in [1.807, 2.05) is 31.2 Å². The van der Waals surface area contributed by atoms with Crippen molar-refractivity contribution in [1.82, 2.24) is 0 Å². The van der Waals surface area contributed by atoms with E-state index >= 15 is 0 Å². The first-order chi connectivity index (χ1) is 9.65. The molecule has 1 N–H and O–H groups in total. The number of halogens is 1. The summed E-state index contributed by atoms with van der Waals surface area (Å²) in [5.74, 6) is 0.952. The van der Waals surface area contributed by atoms with Gasteiger partial charge in [-0.1, -0.05) is 22.0 Å². The van der Waals surface area contributed by atoms with Crippen molar-refractivity contribution in [3.05, 3.63) is 52.4 Å². The van der Waals surface area contributed by atoms with Crippen molar-refractivity contribution in [2.24, 2.45) is 0 Å². The van der Waals surface area contributed by atoms with Crippen molar-refractivity contribution in [1.29, 1.82) is 0 Å². The SMILES string of the molecule is CC(O)c1ccc(Br)cc1N(Cc1ccco1)C1CC1. The lowest BCUT2D eigenvalue weighted by atomic mass is 10.1. The maximum absolute atomic E-state index is 10.0. The molecule has 3 nitrogen and oxygen atoms in total. The van der Waals surface area contributed by atoms with E-state index in [2.05, 4.69) is 26.9 Å². The number of hydrogen-bond acceptors (Lipinski definition) is 3. The molecule has 20 heavy (non-hydrogen) atoms. The Morgan fingerprint density at radius 1 is 1.40 bits per heavy atom. The Morgan fingerprint density at radius 2 is 2.20 bits per heavy atom. The third-order valence-corrected chi connectivity index (χ3v) is 4.14. The van der Waals surface area contributed by atoms with Gasteiger partial charge in [0.1, 0.15) is 5.76 Å². The summed E-state index contributed by atoms with van der Waals surface area (Å²) in [6, 6.07) is 10.5. The lowest BCUT2D eigenvalue weighted by Gasteiger charge is -2.27. The van der Waals surface area contributed by atoms with Gasteiger partial charge >= 0.3 is 0 Å². The highest BCUT2D eigenvalue weighted by Gasteiger charge is 2.31. The molecule has 1 heterocycles. The van der Waals surface area contributed by atoms with E-state index in [9.17, 15) is 5.11 Å². The Bertz CT molecular complexity index is 576. The molecule has 1 fully saturated rings. The second-order valence-corrected chi connectivity index (χ2v) is 6.23. The quantitative estimate of drug-likeness (QED) is 0.886. The van der Waals surface area contributed by atoms with Gasteiger partial charge in [0.05, 0.1) is 18.9 Å². The molecule has 0 amide bonds. The summed E-state index contributed by atoms with van der Waals surface area (Å²) in [6.45, 7) is 2.55. The van der Waals surface area contributed by atoms with Crippen molar-refractivity contribution in [3.8, 4) is 0 Å². The van der Waals surface area contributed by atoms with Gasteiger partial charge in [-0.2, -0.15) is 0 Å². The molecule has 1 saturated carbocycles. The van der Waals surface area contributed by atoms with Crippen molar-refractivity contribution in [2.45, 2.75) is 38.5 Å². The van der Waals surface area contributed by atoms with Gasteiger partial charge in [-0.25, -0.2) is 0 Å². The molecule has 0 bridgehead atoms. The minimum atomic E-state index is -0.476. The summed E-state index contributed by atoms with van der Waals surface area (Å²) in [7, 11) is 0. The van der Waals surface area contributed by atoms with Crippen LogP contribution in [0, 0.1) is 0 Å². The maximum Gasteiger partial charge on any atom is 0.123 e.